The molecule has 0 radical (unpaired) electrons. The smallest absolute Gasteiger partial charge is 0.191 e. The minimum absolute atomic E-state index is 0.0528. The van der Waals surface area contributed by atoms with Crippen molar-refractivity contribution in [1.82, 2.24) is 0 Å². The Morgan fingerprint density at radius 1 is 1.00 bits per heavy atom. The number of ether oxygens (including phenoxy) is 1. The summed E-state index contributed by atoms with van der Waals surface area (Å²) in [6, 6.07) is 17.7. The molecular weight excluding hydrogens is 346 g/mol. The molecule has 2 aromatic carbocycles. The van der Waals surface area contributed by atoms with Crippen LogP contribution < -0.4 is 0 Å². The maximum atomic E-state index is 12.8. The lowest BCUT2D eigenvalue weighted by molar-refractivity contribution is 0.0665. The molecule has 4 rings (SSSR count). The number of allylic oxidation sites excluding steroid dienone is 2. The summed E-state index contributed by atoms with van der Waals surface area (Å²) in [6.45, 7) is 1.74. The SMILES string of the molecule is O=C(c1ccc(CC2CCOCC2)cc1)C1C=CC(/C=C/c2ccccc2)=N1. The van der Waals surface area contributed by atoms with Crippen molar-refractivity contribution in [3.8, 4) is 0 Å². The molecule has 2 aliphatic rings. The fourth-order valence-corrected chi connectivity index (χ4v) is 3.69. The quantitative estimate of drug-likeness (QED) is 0.675. The van der Waals surface area contributed by atoms with E-state index in [-0.39, 0.29) is 5.78 Å². The van der Waals surface area contributed by atoms with Crippen LogP contribution in [0.5, 0.6) is 0 Å². The van der Waals surface area contributed by atoms with Gasteiger partial charge in [0.2, 0.25) is 0 Å². The second-order valence-electron chi connectivity index (χ2n) is 7.42. The van der Waals surface area contributed by atoms with E-state index in [0.717, 1.165) is 49.3 Å². The van der Waals surface area contributed by atoms with Gasteiger partial charge < -0.3 is 4.74 Å². The summed E-state index contributed by atoms with van der Waals surface area (Å²) in [5.74, 6) is 0.744. The van der Waals surface area contributed by atoms with E-state index in [0.29, 0.717) is 5.92 Å². The summed E-state index contributed by atoms with van der Waals surface area (Å²) in [7, 11) is 0. The number of carbonyl (C=O) groups excluding carboxylic acids is 1. The van der Waals surface area contributed by atoms with Gasteiger partial charge in [0.15, 0.2) is 5.78 Å². The zero-order chi connectivity index (χ0) is 19.2. The largest absolute Gasteiger partial charge is 0.381 e. The Balaban J connectivity index is 1.37. The van der Waals surface area contributed by atoms with Crippen molar-refractivity contribution in [2.75, 3.05) is 13.2 Å². The summed E-state index contributed by atoms with van der Waals surface area (Å²) >= 11 is 0. The Hall–Kier alpha value is -2.78. The van der Waals surface area contributed by atoms with Crippen molar-refractivity contribution in [2.24, 2.45) is 10.9 Å². The topological polar surface area (TPSA) is 38.7 Å². The van der Waals surface area contributed by atoms with E-state index in [1.807, 2.05) is 66.8 Å². The fourth-order valence-electron chi connectivity index (χ4n) is 3.69. The standard InChI is InChI=1S/C25H25NO2/c27-25(22-9-6-20(7-10-22)18-21-14-16-28-17-15-21)24-13-12-23(26-24)11-8-19-4-2-1-3-5-19/h1-13,21,24H,14-18H2/b11-8+. The Kier molecular flexibility index (Phi) is 5.93. The number of rotatable bonds is 6. The lowest BCUT2D eigenvalue weighted by atomic mass is 9.91. The van der Waals surface area contributed by atoms with Gasteiger partial charge in [0.05, 0.1) is 5.71 Å². The van der Waals surface area contributed by atoms with E-state index in [9.17, 15) is 4.79 Å². The van der Waals surface area contributed by atoms with Crippen LogP contribution in [0.1, 0.15) is 34.3 Å². The minimum Gasteiger partial charge on any atom is -0.381 e. The molecule has 142 valence electrons. The predicted molar refractivity (Wildman–Crippen MR) is 114 cm³/mol. The molecule has 28 heavy (non-hydrogen) atoms. The molecule has 0 bridgehead atoms. The van der Waals surface area contributed by atoms with Crippen molar-refractivity contribution in [3.63, 3.8) is 0 Å². The molecule has 0 aromatic heterocycles. The third-order valence-electron chi connectivity index (χ3n) is 5.36. The molecule has 2 aliphatic heterocycles. The van der Waals surface area contributed by atoms with Crippen LogP contribution in [-0.4, -0.2) is 30.8 Å². The van der Waals surface area contributed by atoms with E-state index in [1.54, 1.807) is 0 Å². The molecule has 0 saturated carbocycles. The van der Waals surface area contributed by atoms with Crippen LogP contribution in [0.3, 0.4) is 0 Å². The normalized spacial score (nSPS) is 19.9. The first kappa shape index (κ1) is 18.6. The lowest BCUT2D eigenvalue weighted by Gasteiger charge is -2.22. The first-order valence-corrected chi connectivity index (χ1v) is 9.98. The minimum atomic E-state index is -0.420. The van der Waals surface area contributed by atoms with E-state index in [4.69, 9.17) is 4.74 Å². The Bertz CT molecular complexity index is 888. The average molecular weight is 371 g/mol. The number of hydrogen-bond acceptors (Lipinski definition) is 3. The van der Waals surface area contributed by atoms with Crippen LogP contribution in [0.4, 0.5) is 0 Å². The van der Waals surface area contributed by atoms with Gasteiger partial charge in [-0.3, -0.25) is 9.79 Å². The summed E-state index contributed by atoms with van der Waals surface area (Å²) in [5.41, 5.74) is 3.97. The summed E-state index contributed by atoms with van der Waals surface area (Å²) in [5, 5.41) is 0. The highest BCUT2D eigenvalue weighted by Gasteiger charge is 2.20. The van der Waals surface area contributed by atoms with Crippen molar-refractivity contribution >= 4 is 17.6 Å². The van der Waals surface area contributed by atoms with E-state index < -0.39 is 6.04 Å². The highest BCUT2D eigenvalue weighted by molar-refractivity contribution is 6.12. The molecule has 2 aromatic rings. The molecule has 0 aliphatic carbocycles. The molecular formula is C25H25NO2. The van der Waals surface area contributed by atoms with Gasteiger partial charge >= 0.3 is 0 Å². The number of hydrogen-bond donors (Lipinski definition) is 0. The third kappa shape index (κ3) is 4.73. The van der Waals surface area contributed by atoms with Crippen LogP contribution in [0.15, 0.2) is 77.8 Å². The zero-order valence-corrected chi connectivity index (χ0v) is 16.0. The summed E-state index contributed by atoms with van der Waals surface area (Å²) in [4.78, 5) is 17.3. The molecule has 0 spiro atoms. The van der Waals surface area contributed by atoms with Crippen molar-refractivity contribution in [1.29, 1.82) is 0 Å². The monoisotopic (exact) mass is 371 g/mol. The first-order valence-electron chi connectivity index (χ1n) is 9.98. The first-order chi connectivity index (χ1) is 13.8. The molecule has 0 amide bonds. The van der Waals surface area contributed by atoms with Gasteiger partial charge in [-0.15, -0.1) is 0 Å². The highest BCUT2D eigenvalue weighted by Crippen LogP contribution is 2.21. The van der Waals surface area contributed by atoms with E-state index >= 15 is 0 Å². The number of carbonyl (C=O) groups is 1. The summed E-state index contributed by atoms with van der Waals surface area (Å²) in [6.07, 6.45) is 11.1. The second-order valence-corrected chi connectivity index (χ2v) is 7.42. The maximum Gasteiger partial charge on any atom is 0.191 e. The van der Waals surface area contributed by atoms with Crippen molar-refractivity contribution in [3.05, 3.63) is 89.5 Å². The third-order valence-corrected chi connectivity index (χ3v) is 5.36. The van der Waals surface area contributed by atoms with E-state index in [1.165, 1.54) is 5.56 Å². The molecule has 1 atom stereocenters. The van der Waals surface area contributed by atoms with Crippen LogP contribution >= 0.6 is 0 Å². The van der Waals surface area contributed by atoms with Crippen LogP contribution in [0.2, 0.25) is 0 Å². The Labute approximate surface area is 166 Å². The van der Waals surface area contributed by atoms with Gasteiger partial charge in [0, 0.05) is 18.8 Å². The van der Waals surface area contributed by atoms with Gasteiger partial charge in [-0.1, -0.05) is 66.7 Å². The predicted octanol–water partition coefficient (Wildman–Crippen LogP) is 4.93. The van der Waals surface area contributed by atoms with Crippen molar-refractivity contribution in [2.45, 2.75) is 25.3 Å². The van der Waals surface area contributed by atoms with Gasteiger partial charge in [-0.2, -0.15) is 0 Å². The van der Waals surface area contributed by atoms with E-state index in [2.05, 4.69) is 17.1 Å². The summed E-state index contributed by atoms with van der Waals surface area (Å²) < 4.78 is 5.43. The molecule has 2 heterocycles. The zero-order valence-electron chi connectivity index (χ0n) is 16.0. The van der Waals surface area contributed by atoms with Crippen LogP contribution in [0, 0.1) is 5.92 Å². The maximum absolute atomic E-state index is 12.8. The van der Waals surface area contributed by atoms with Crippen molar-refractivity contribution < 1.29 is 9.53 Å². The van der Waals surface area contributed by atoms with Crippen LogP contribution in [-0.2, 0) is 11.2 Å². The molecule has 1 saturated heterocycles. The number of Topliss-reactive ketones (excluding diaryl/α,β-unsaturated/α-hetero) is 1. The number of nitrogens with zero attached hydrogens (tertiary/aromatic N) is 1. The van der Waals surface area contributed by atoms with Gasteiger partial charge in [-0.25, -0.2) is 0 Å². The van der Waals surface area contributed by atoms with Crippen LogP contribution in [0.25, 0.3) is 6.08 Å². The van der Waals surface area contributed by atoms with Gasteiger partial charge in [-0.05, 0) is 48.5 Å². The number of benzene rings is 2. The van der Waals surface area contributed by atoms with Gasteiger partial charge in [0.1, 0.15) is 6.04 Å². The molecule has 0 N–H and O–H groups in total. The molecule has 3 nitrogen and oxygen atoms in total. The lowest BCUT2D eigenvalue weighted by Crippen LogP contribution is -2.18. The molecule has 3 heteroatoms. The van der Waals surface area contributed by atoms with Gasteiger partial charge in [0.25, 0.3) is 0 Å². The number of ketones is 1. The Morgan fingerprint density at radius 3 is 2.50 bits per heavy atom. The average Bonchev–Trinajstić information content (AvgIpc) is 3.23. The Morgan fingerprint density at radius 2 is 1.75 bits per heavy atom. The fraction of sp³-hybridized carbons (Fsp3) is 0.280. The highest BCUT2D eigenvalue weighted by atomic mass is 16.5. The molecule has 1 unspecified atom stereocenters. The number of aliphatic imine (C=N–C) groups is 1. The second kappa shape index (κ2) is 8.94. The molecule has 1 fully saturated rings.